The summed E-state index contributed by atoms with van der Waals surface area (Å²) in [5, 5.41) is 0. The Bertz CT molecular complexity index is 599. The highest BCUT2D eigenvalue weighted by Gasteiger charge is 2.09. The summed E-state index contributed by atoms with van der Waals surface area (Å²) < 4.78 is 10.8. The number of nitrogens with zero attached hydrogens (tertiary/aromatic N) is 1. The van der Waals surface area contributed by atoms with E-state index < -0.39 is 0 Å². The largest absolute Gasteiger partial charge is 0.496 e. The first-order valence-electron chi connectivity index (χ1n) is 6.87. The molecule has 2 rings (SSSR count). The zero-order chi connectivity index (χ0) is 15.2. The number of para-hydroxylation sites is 1. The summed E-state index contributed by atoms with van der Waals surface area (Å²) >= 11 is 0. The van der Waals surface area contributed by atoms with Gasteiger partial charge in [-0.2, -0.15) is 0 Å². The number of nitrogen functional groups attached to an aromatic ring is 1. The van der Waals surface area contributed by atoms with E-state index in [9.17, 15) is 0 Å². The highest BCUT2D eigenvalue weighted by Crippen LogP contribution is 2.24. The Hall–Kier alpha value is -2.20. The van der Waals surface area contributed by atoms with Gasteiger partial charge in [0, 0.05) is 36.0 Å². The first-order valence-corrected chi connectivity index (χ1v) is 6.87. The van der Waals surface area contributed by atoms with Crippen LogP contribution in [0.1, 0.15) is 11.1 Å². The average Bonchev–Trinajstić information content (AvgIpc) is 2.49. The predicted molar refractivity (Wildman–Crippen MR) is 85.6 cm³/mol. The second kappa shape index (κ2) is 6.99. The SMILES string of the molecule is COc1ccccc1CN(C)Cc1ccc(N)cc1OC. The second-order valence-corrected chi connectivity index (χ2v) is 5.06. The van der Waals surface area contributed by atoms with Crippen LogP contribution in [0.3, 0.4) is 0 Å². The third-order valence-electron chi connectivity index (χ3n) is 3.38. The van der Waals surface area contributed by atoms with Crippen molar-refractivity contribution < 1.29 is 9.47 Å². The van der Waals surface area contributed by atoms with E-state index in [2.05, 4.69) is 18.0 Å². The maximum Gasteiger partial charge on any atom is 0.125 e. The van der Waals surface area contributed by atoms with Gasteiger partial charge in [0.05, 0.1) is 14.2 Å². The number of methoxy groups -OCH3 is 2. The van der Waals surface area contributed by atoms with Crippen LogP contribution in [-0.4, -0.2) is 26.2 Å². The summed E-state index contributed by atoms with van der Waals surface area (Å²) in [6, 6.07) is 13.8. The lowest BCUT2D eigenvalue weighted by molar-refractivity contribution is 0.303. The molecule has 112 valence electrons. The van der Waals surface area contributed by atoms with Crippen LogP contribution in [0.2, 0.25) is 0 Å². The summed E-state index contributed by atoms with van der Waals surface area (Å²) in [7, 11) is 5.43. The molecule has 2 N–H and O–H groups in total. The van der Waals surface area contributed by atoms with E-state index in [4.69, 9.17) is 15.2 Å². The summed E-state index contributed by atoms with van der Waals surface area (Å²) in [5.41, 5.74) is 8.77. The molecule has 0 amide bonds. The van der Waals surface area contributed by atoms with E-state index in [0.717, 1.165) is 35.7 Å². The summed E-state index contributed by atoms with van der Waals surface area (Å²) in [5.74, 6) is 1.73. The van der Waals surface area contributed by atoms with Gasteiger partial charge in [-0.15, -0.1) is 0 Å². The van der Waals surface area contributed by atoms with Crippen molar-refractivity contribution in [2.45, 2.75) is 13.1 Å². The van der Waals surface area contributed by atoms with Gasteiger partial charge in [0.15, 0.2) is 0 Å². The molecule has 0 aliphatic rings. The first-order chi connectivity index (χ1) is 10.1. The third kappa shape index (κ3) is 3.89. The van der Waals surface area contributed by atoms with Crippen LogP contribution in [0.15, 0.2) is 42.5 Å². The maximum absolute atomic E-state index is 5.79. The molecule has 21 heavy (non-hydrogen) atoms. The lowest BCUT2D eigenvalue weighted by Gasteiger charge is -2.20. The number of hydrogen-bond acceptors (Lipinski definition) is 4. The van der Waals surface area contributed by atoms with Crippen LogP contribution >= 0.6 is 0 Å². The quantitative estimate of drug-likeness (QED) is 0.829. The lowest BCUT2D eigenvalue weighted by Crippen LogP contribution is -2.18. The van der Waals surface area contributed by atoms with Crippen molar-refractivity contribution in [1.82, 2.24) is 4.90 Å². The van der Waals surface area contributed by atoms with Crippen molar-refractivity contribution in [3.8, 4) is 11.5 Å². The first kappa shape index (κ1) is 15.2. The molecule has 0 spiro atoms. The summed E-state index contributed by atoms with van der Waals surface area (Å²) in [4.78, 5) is 2.21. The Kier molecular flexibility index (Phi) is 5.06. The van der Waals surface area contributed by atoms with Gasteiger partial charge < -0.3 is 15.2 Å². The minimum atomic E-state index is 0.711. The molecule has 0 heterocycles. The number of nitrogens with two attached hydrogens (primary N) is 1. The van der Waals surface area contributed by atoms with Crippen LogP contribution < -0.4 is 15.2 Å². The Balaban J connectivity index is 2.10. The minimum absolute atomic E-state index is 0.711. The molecule has 0 radical (unpaired) electrons. The van der Waals surface area contributed by atoms with Crippen molar-refractivity contribution in [1.29, 1.82) is 0 Å². The smallest absolute Gasteiger partial charge is 0.125 e. The van der Waals surface area contributed by atoms with Crippen LogP contribution in [-0.2, 0) is 13.1 Å². The van der Waals surface area contributed by atoms with Crippen LogP contribution in [0.5, 0.6) is 11.5 Å². The molecule has 0 unspecified atom stereocenters. The maximum atomic E-state index is 5.79. The van der Waals surface area contributed by atoms with Gasteiger partial charge in [-0.05, 0) is 19.2 Å². The Morgan fingerprint density at radius 2 is 1.52 bits per heavy atom. The molecule has 4 nitrogen and oxygen atoms in total. The predicted octanol–water partition coefficient (Wildman–Crippen LogP) is 2.92. The van der Waals surface area contributed by atoms with Gasteiger partial charge >= 0.3 is 0 Å². The molecule has 4 heteroatoms. The Labute approximate surface area is 126 Å². The fourth-order valence-electron chi connectivity index (χ4n) is 2.36. The zero-order valence-electron chi connectivity index (χ0n) is 12.8. The number of benzene rings is 2. The Morgan fingerprint density at radius 3 is 2.19 bits per heavy atom. The van der Waals surface area contributed by atoms with Gasteiger partial charge in [-0.1, -0.05) is 24.3 Å². The fraction of sp³-hybridized carbons (Fsp3) is 0.294. The van der Waals surface area contributed by atoms with Gasteiger partial charge in [-0.3, -0.25) is 4.90 Å². The van der Waals surface area contributed by atoms with E-state index in [1.54, 1.807) is 14.2 Å². The van der Waals surface area contributed by atoms with E-state index in [0.29, 0.717) is 5.69 Å². The van der Waals surface area contributed by atoms with E-state index in [1.807, 2.05) is 36.4 Å². The monoisotopic (exact) mass is 286 g/mol. The van der Waals surface area contributed by atoms with E-state index in [1.165, 1.54) is 0 Å². The zero-order valence-corrected chi connectivity index (χ0v) is 12.8. The van der Waals surface area contributed by atoms with Crippen molar-refractivity contribution in [3.63, 3.8) is 0 Å². The molecule has 2 aromatic rings. The molecule has 0 saturated heterocycles. The third-order valence-corrected chi connectivity index (χ3v) is 3.38. The van der Waals surface area contributed by atoms with Crippen molar-refractivity contribution in [3.05, 3.63) is 53.6 Å². The van der Waals surface area contributed by atoms with Gasteiger partial charge in [0.1, 0.15) is 11.5 Å². The normalized spacial score (nSPS) is 10.7. The van der Waals surface area contributed by atoms with Crippen LogP contribution in [0, 0.1) is 0 Å². The number of ether oxygens (including phenoxy) is 2. The van der Waals surface area contributed by atoms with Gasteiger partial charge in [-0.25, -0.2) is 0 Å². The minimum Gasteiger partial charge on any atom is -0.496 e. The topological polar surface area (TPSA) is 47.7 Å². The molecule has 2 aromatic carbocycles. The second-order valence-electron chi connectivity index (χ2n) is 5.06. The number of anilines is 1. The highest BCUT2D eigenvalue weighted by molar-refractivity contribution is 5.48. The molecule has 0 saturated carbocycles. The van der Waals surface area contributed by atoms with Crippen molar-refractivity contribution in [2.75, 3.05) is 27.0 Å². The average molecular weight is 286 g/mol. The Morgan fingerprint density at radius 1 is 0.905 bits per heavy atom. The molecule has 0 bridgehead atoms. The molecule has 0 aromatic heterocycles. The molecular weight excluding hydrogens is 264 g/mol. The van der Waals surface area contributed by atoms with E-state index in [-0.39, 0.29) is 0 Å². The fourth-order valence-corrected chi connectivity index (χ4v) is 2.36. The van der Waals surface area contributed by atoms with E-state index >= 15 is 0 Å². The molecule has 0 fully saturated rings. The van der Waals surface area contributed by atoms with Crippen molar-refractivity contribution in [2.24, 2.45) is 0 Å². The highest BCUT2D eigenvalue weighted by atomic mass is 16.5. The van der Waals surface area contributed by atoms with Crippen molar-refractivity contribution >= 4 is 5.69 Å². The number of hydrogen-bond donors (Lipinski definition) is 1. The van der Waals surface area contributed by atoms with Crippen LogP contribution in [0.4, 0.5) is 5.69 Å². The molecule has 0 aliphatic heterocycles. The summed E-state index contributed by atoms with van der Waals surface area (Å²) in [6.45, 7) is 1.58. The molecule has 0 atom stereocenters. The molecular formula is C17H22N2O2. The van der Waals surface area contributed by atoms with Gasteiger partial charge in [0.2, 0.25) is 0 Å². The van der Waals surface area contributed by atoms with Gasteiger partial charge in [0.25, 0.3) is 0 Å². The lowest BCUT2D eigenvalue weighted by atomic mass is 10.1. The number of rotatable bonds is 6. The summed E-state index contributed by atoms with van der Waals surface area (Å²) in [6.07, 6.45) is 0. The van der Waals surface area contributed by atoms with Crippen LogP contribution in [0.25, 0.3) is 0 Å². The molecule has 0 aliphatic carbocycles. The standard InChI is InChI=1S/C17H22N2O2/c1-19(11-13-6-4-5-7-16(13)20-2)12-14-8-9-15(18)10-17(14)21-3/h4-10H,11-12,18H2,1-3H3.